The minimum absolute atomic E-state index is 0.0573. The molecule has 194 valence electrons. The number of anilines is 1. The van der Waals surface area contributed by atoms with Crippen LogP contribution in [0.2, 0.25) is 0 Å². The summed E-state index contributed by atoms with van der Waals surface area (Å²) >= 11 is 1.09. The van der Waals surface area contributed by atoms with E-state index in [-0.39, 0.29) is 47.8 Å². The van der Waals surface area contributed by atoms with E-state index < -0.39 is 32.2 Å². The van der Waals surface area contributed by atoms with Gasteiger partial charge in [-0.2, -0.15) is 0 Å². The van der Waals surface area contributed by atoms with Crippen LogP contribution < -0.4 is 9.46 Å². The van der Waals surface area contributed by atoms with Gasteiger partial charge in [0.2, 0.25) is 15.9 Å². The zero-order valence-corrected chi connectivity index (χ0v) is 22.5. The van der Waals surface area contributed by atoms with Gasteiger partial charge in [-0.05, 0) is 36.6 Å². The summed E-state index contributed by atoms with van der Waals surface area (Å²) < 4.78 is 59.5. The number of nitrogens with zero attached hydrogens (tertiary/aromatic N) is 2. The highest BCUT2D eigenvalue weighted by molar-refractivity contribution is 7.94. The number of aliphatic hydroxyl groups is 1. The van der Waals surface area contributed by atoms with Gasteiger partial charge < -0.3 is 14.7 Å². The number of carbonyl (C=O) groups is 1. The molecule has 10 nitrogen and oxygen atoms in total. The van der Waals surface area contributed by atoms with Crippen LogP contribution in [0, 0.1) is 5.92 Å². The maximum absolute atomic E-state index is 13.2. The standard InChI is InChI=1S/C22H31N3O7S3/c1-15-12-25(16(2)14-26)21(27)11-17-10-18(23-35(30,31)22-6-5-9-33-22)7-8-19(17)32-20(15)13-24(3)34(4,28)29/h5-10,15-16,20,23,26H,11-14H2,1-4H3/t15-,16+,20-/m1/s1. The number of nitrogens with one attached hydrogen (secondary N) is 1. The van der Waals surface area contributed by atoms with Gasteiger partial charge >= 0.3 is 0 Å². The van der Waals surface area contributed by atoms with Crippen molar-refractivity contribution < 1.29 is 31.5 Å². The van der Waals surface area contributed by atoms with Crippen molar-refractivity contribution in [2.45, 2.75) is 36.6 Å². The van der Waals surface area contributed by atoms with Crippen LogP contribution in [0.15, 0.2) is 39.9 Å². The number of aliphatic hydroxyl groups excluding tert-OH is 1. The largest absolute Gasteiger partial charge is 0.488 e. The van der Waals surface area contributed by atoms with Crippen molar-refractivity contribution in [2.24, 2.45) is 5.92 Å². The van der Waals surface area contributed by atoms with Gasteiger partial charge in [-0.15, -0.1) is 11.3 Å². The second-order valence-corrected chi connectivity index (χ2v) is 13.7. The SMILES string of the molecule is C[C@@H]1CN([C@@H](C)CO)C(=O)Cc2cc(NS(=O)(=O)c3cccs3)ccc2O[C@@H]1CN(C)S(C)(=O)=O. The zero-order chi connectivity index (χ0) is 26.0. The molecule has 1 aliphatic heterocycles. The molecule has 0 bridgehead atoms. The van der Waals surface area contributed by atoms with Crippen LogP contribution in [0.1, 0.15) is 19.4 Å². The number of fused-ring (bicyclic) bond motifs is 1. The number of thiophene rings is 1. The molecular formula is C22H31N3O7S3. The molecule has 3 atom stereocenters. The third-order valence-electron chi connectivity index (χ3n) is 5.93. The average Bonchev–Trinajstić information content (AvgIpc) is 3.33. The first kappa shape index (κ1) is 27.4. The molecule has 3 rings (SSSR count). The molecule has 0 spiro atoms. The normalized spacial score (nSPS) is 20.4. The highest BCUT2D eigenvalue weighted by atomic mass is 32.2. The van der Waals surface area contributed by atoms with Crippen molar-refractivity contribution in [1.82, 2.24) is 9.21 Å². The van der Waals surface area contributed by atoms with Gasteiger partial charge in [0.15, 0.2) is 0 Å². The molecule has 1 aromatic carbocycles. The Morgan fingerprint density at radius 3 is 2.60 bits per heavy atom. The van der Waals surface area contributed by atoms with Gasteiger partial charge in [0.25, 0.3) is 10.0 Å². The Kier molecular flexibility index (Phi) is 8.48. The molecule has 2 heterocycles. The van der Waals surface area contributed by atoms with Crippen molar-refractivity contribution in [1.29, 1.82) is 0 Å². The Bertz CT molecular complexity index is 1250. The summed E-state index contributed by atoms with van der Waals surface area (Å²) in [6, 6.07) is 7.35. The monoisotopic (exact) mass is 545 g/mol. The smallest absolute Gasteiger partial charge is 0.271 e. The summed E-state index contributed by atoms with van der Waals surface area (Å²) in [5, 5.41) is 11.4. The number of rotatable bonds is 8. The summed E-state index contributed by atoms with van der Waals surface area (Å²) in [5.41, 5.74) is 0.727. The van der Waals surface area contributed by atoms with E-state index in [1.54, 1.807) is 41.5 Å². The summed E-state index contributed by atoms with van der Waals surface area (Å²) in [7, 11) is -5.80. The number of hydrogen-bond donors (Lipinski definition) is 2. The molecule has 1 aliphatic rings. The van der Waals surface area contributed by atoms with Crippen molar-refractivity contribution >= 4 is 43.0 Å². The quantitative estimate of drug-likeness (QED) is 0.515. The lowest BCUT2D eigenvalue weighted by Gasteiger charge is -2.33. The van der Waals surface area contributed by atoms with Gasteiger partial charge in [0.05, 0.1) is 31.9 Å². The lowest BCUT2D eigenvalue weighted by molar-refractivity contribution is -0.134. The molecule has 0 saturated carbocycles. The minimum Gasteiger partial charge on any atom is -0.488 e. The fraction of sp³-hybridized carbons (Fsp3) is 0.500. The van der Waals surface area contributed by atoms with Gasteiger partial charge in [-0.1, -0.05) is 13.0 Å². The van der Waals surface area contributed by atoms with Crippen molar-refractivity contribution in [2.75, 3.05) is 37.7 Å². The van der Waals surface area contributed by atoms with Crippen LogP contribution in [0.5, 0.6) is 5.75 Å². The Morgan fingerprint density at radius 2 is 2.00 bits per heavy atom. The molecule has 0 saturated heterocycles. The molecule has 2 N–H and O–H groups in total. The maximum atomic E-state index is 13.2. The first-order valence-corrected chi connectivity index (χ1v) is 15.2. The molecule has 0 radical (unpaired) electrons. The van der Waals surface area contributed by atoms with Crippen LogP contribution >= 0.6 is 11.3 Å². The lowest BCUT2D eigenvalue weighted by atomic mass is 10.0. The predicted octanol–water partition coefficient (Wildman–Crippen LogP) is 1.59. The fourth-order valence-corrected chi connectivity index (χ4v) is 6.18. The van der Waals surface area contributed by atoms with Crippen LogP contribution in [-0.2, 0) is 31.3 Å². The van der Waals surface area contributed by atoms with E-state index >= 15 is 0 Å². The third-order valence-corrected chi connectivity index (χ3v) is 9.99. The van der Waals surface area contributed by atoms with Crippen molar-refractivity contribution in [3.63, 3.8) is 0 Å². The molecule has 13 heteroatoms. The molecule has 1 amide bonds. The zero-order valence-electron chi connectivity index (χ0n) is 20.0. The molecule has 35 heavy (non-hydrogen) atoms. The Morgan fingerprint density at radius 1 is 1.29 bits per heavy atom. The van der Waals surface area contributed by atoms with Gasteiger partial charge in [0, 0.05) is 30.8 Å². The number of ether oxygens (including phenoxy) is 1. The Hall–Kier alpha value is -2.19. The molecular weight excluding hydrogens is 514 g/mol. The minimum atomic E-state index is -3.79. The fourth-order valence-electron chi connectivity index (χ4n) is 3.72. The van der Waals surface area contributed by atoms with Crippen molar-refractivity contribution in [3.8, 4) is 5.75 Å². The number of carbonyl (C=O) groups excluding carboxylic acids is 1. The topological polar surface area (TPSA) is 133 Å². The second-order valence-electron chi connectivity index (χ2n) is 8.79. The summed E-state index contributed by atoms with van der Waals surface area (Å²) in [4.78, 5) is 14.8. The van der Waals surface area contributed by atoms with Gasteiger partial charge in [-0.3, -0.25) is 9.52 Å². The Balaban J connectivity index is 2.00. The highest BCUT2D eigenvalue weighted by Gasteiger charge is 2.32. The number of amides is 1. The molecule has 0 unspecified atom stereocenters. The van der Waals surface area contributed by atoms with E-state index in [0.29, 0.717) is 11.3 Å². The van der Waals surface area contributed by atoms with E-state index in [4.69, 9.17) is 4.74 Å². The summed E-state index contributed by atoms with van der Waals surface area (Å²) in [6.07, 6.45) is 0.438. The van der Waals surface area contributed by atoms with E-state index in [1.165, 1.54) is 17.4 Å². The van der Waals surface area contributed by atoms with Gasteiger partial charge in [0.1, 0.15) is 16.1 Å². The number of hydrogen-bond acceptors (Lipinski definition) is 8. The van der Waals surface area contributed by atoms with Crippen molar-refractivity contribution in [3.05, 3.63) is 41.3 Å². The summed E-state index contributed by atoms with van der Waals surface area (Å²) in [5.74, 6) is -0.145. The van der Waals surface area contributed by atoms with Crippen LogP contribution in [0.25, 0.3) is 0 Å². The number of sulfonamides is 2. The van der Waals surface area contributed by atoms with Gasteiger partial charge in [-0.25, -0.2) is 21.1 Å². The molecule has 1 aromatic heterocycles. The molecule has 0 fully saturated rings. The van der Waals surface area contributed by atoms with E-state index in [2.05, 4.69) is 4.72 Å². The van der Waals surface area contributed by atoms with E-state index in [0.717, 1.165) is 17.6 Å². The van der Waals surface area contributed by atoms with Crippen LogP contribution in [0.4, 0.5) is 5.69 Å². The van der Waals surface area contributed by atoms with Crippen LogP contribution in [-0.4, -0.2) is 82.2 Å². The maximum Gasteiger partial charge on any atom is 0.271 e. The number of benzene rings is 1. The Labute approximate surface area is 210 Å². The van der Waals surface area contributed by atoms with E-state index in [1.807, 2.05) is 6.92 Å². The predicted molar refractivity (Wildman–Crippen MR) is 135 cm³/mol. The average molecular weight is 546 g/mol. The third kappa shape index (κ3) is 6.73. The molecule has 0 aliphatic carbocycles. The lowest BCUT2D eigenvalue weighted by Crippen LogP contribution is -2.48. The first-order valence-electron chi connectivity index (χ1n) is 11.0. The second kappa shape index (κ2) is 10.8. The first-order chi connectivity index (χ1) is 16.3. The van der Waals surface area contributed by atoms with Crippen LogP contribution in [0.3, 0.4) is 0 Å². The number of likely N-dealkylation sites (N-methyl/N-ethyl adjacent to an activating group) is 1. The highest BCUT2D eigenvalue weighted by Crippen LogP contribution is 2.30. The van der Waals surface area contributed by atoms with E-state index in [9.17, 15) is 26.7 Å². The molecule has 2 aromatic rings. The summed E-state index contributed by atoms with van der Waals surface area (Å²) in [6.45, 7) is 3.67.